The van der Waals surface area contributed by atoms with Gasteiger partial charge in [-0.05, 0) is 43.5 Å². The second-order valence-corrected chi connectivity index (χ2v) is 6.46. The molecule has 0 spiro atoms. The second kappa shape index (κ2) is 7.63. The molecule has 2 aliphatic heterocycles. The number of piperazine rings is 1. The highest BCUT2D eigenvalue weighted by Crippen LogP contribution is 2.23. The molecule has 0 aromatic heterocycles. The van der Waals surface area contributed by atoms with Gasteiger partial charge in [-0.25, -0.2) is 0 Å². The lowest BCUT2D eigenvalue weighted by Crippen LogP contribution is -2.49. The monoisotopic (exact) mass is 311 g/mol. The molecule has 122 valence electrons. The van der Waals surface area contributed by atoms with Crippen molar-refractivity contribution in [3.63, 3.8) is 0 Å². The molecule has 0 unspecified atom stereocenters. The SMILES string of the molecule is C[C@H](c1cccc(C#N)c1)N1CCN(C[C@@H]2CCC=CO2)CC1. The van der Waals surface area contributed by atoms with Crippen molar-refractivity contribution in [3.8, 4) is 6.07 Å². The molecule has 2 heterocycles. The maximum atomic E-state index is 9.06. The first-order valence-corrected chi connectivity index (χ1v) is 8.53. The van der Waals surface area contributed by atoms with Crippen molar-refractivity contribution < 1.29 is 4.74 Å². The average Bonchev–Trinajstić information content (AvgIpc) is 2.63. The van der Waals surface area contributed by atoms with Crippen molar-refractivity contribution in [1.82, 2.24) is 9.80 Å². The summed E-state index contributed by atoms with van der Waals surface area (Å²) < 4.78 is 5.68. The first-order valence-electron chi connectivity index (χ1n) is 8.53. The Bertz CT molecular complexity index is 585. The molecule has 4 nitrogen and oxygen atoms in total. The molecular formula is C19H25N3O. The van der Waals surface area contributed by atoms with Gasteiger partial charge in [-0.2, -0.15) is 5.26 Å². The van der Waals surface area contributed by atoms with Crippen LogP contribution in [0.3, 0.4) is 0 Å². The smallest absolute Gasteiger partial charge is 0.111 e. The van der Waals surface area contributed by atoms with Gasteiger partial charge in [0.1, 0.15) is 6.10 Å². The van der Waals surface area contributed by atoms with Gasteiger partial charge in [0.15, 0.2) is 0 Å². The Morgan fingerprint density at radius 1 is 1.30 bits per heavy atom. The van der Waals surface area contributed by atoms with E-state index in [0.717, 1.165) is 51.1 Å². The van der Waals surface area contributed by atoms with Gasteiger partial charge < -0.3 is 4.74 Å². The third-order valence-corrected chi connectivity index (χ3v) is 4.94. The third kappa shape index (κ3) is 4.13. The van der Waals surface area contributed by atoms with Crippen LogP contribution in [0.4, 0.5) is 0 Å². The third-order valence-electron chi connectivity index (χ3n) is 4.94. The number of nitrogens with zero attached hydrogens (tertiary/aromatic N) is 3. The molecular weight excluding hydrogens is 286 g/mol. The van der Waals surface area contributed by atoms with Gasteiger partial charge in [0.2, 0.25) is 0 Å². The summed E-state index contributed by atoms with van der Waals surface area (Å²) in [7, 11) is 0. The highest BCUT2D eigenvalue weighted by atomic mass is 16.5. The number of rotatable bonds is 4. The lowest BCUT2D eigenvalue weighted by atomic mass is 10.0. The van der Waals surface area contributed by atoms with Crippen LogP contribution < -0.4 is 0 Å². The predicted octanol–water partition coefficient (Wildman–Crippen LogP) is 2.93. The number of allylic oxidation sites excluding steroid dienone is 1. The molecule has 1 aromatic rings. The summed E-state index contributed by atoms with van der Waals surface area (Å²) in [5.74, 6) is 0. The van der Waals surface area contributed by atoms with E-state index in [2.05, 4.69) is 34.9 Å². The lowest BCUT2D eigenvalue weighted by Gasteiger charge is -2.39. The van der Waals surface area contributed by atoms with E-state index >= 15 is 0 Å². The topological polar surface area (TPSA) is 39.5 Å². The van der Waals surface area contributed by atoms with Crippen molar-refractivity contribution in [2.24, 2.45) is 0 Å². The molecule has 0 amide bonds. The molecule has 0 N–H and O–H groups in total. The van der Waals surface area contributed by atoms with Gasteiger partial charge in [-0.15, -0.1) is 0 Å². The van der Waals surface area contributed by atoms with Crippen molar-refractivity contribution in [3.05, 3.63) is 47.7 Å². The zero-order valence-electron chi connectivity index (χ0n) is 13.8. The number of ether oxygens (including phenoxy) is 1. The van der Waals surface area contributed by atoms with E-state index in [1.807, 2.05) is 24.5 Å². The average molecular weight is 311 g/mol. The van der Waals surface area contributed by atoms with E-state index < -0.39 is 0 Å². The van der Waals surface area contributed by atoms with Crippen LogP contribution in [-0.4, -0.2) is 48.6 Å². The fourth-order valence-corrected chi connectivity index (χ4v) is 3.42. The molecule has 1 fully saturated rings. The number of hydrogen-bond donors (Lipinski definition) is 0. The number of nitriles is 1. The Balaban J connectivity index is 1.51. The highest BCUT2D eigenvalue weighted by molar-refractivity contribution is 5.34. The molecule has 2 atom stereocenters. The molecule has 1 saturated heterocycles. The van der Waals surface area contributed by atoms with Gasteiger partial charge >= 0.3 is 0 Å². The summed E-state index contributed by atoms with van der Waals surface area (Å²) in [6.45, 7) is 7.59. The number of benzene rings is 1. The Labute approximate surface area is 139 Å². The van der Waals surface area contributed by atoms with Gasteiger partial charge in [-0.3, -0.25) is 9.80 Å². The van der Waals surface area contributed by atoms with Crippen molar-refractivity contribution in [2.75, 3.05) is 32.7 Å². The quantitative estimate of drug-likeness (QED) is 0.857. The van der Waals surface area contributed by atoms with Gasteiger partial charge in [0, 0.05) is 38.8 Å². The Hall–Kier alpha value is -1.83. The normalized spacial score (nSPS) is 23.9. The maximum Gasteiger partial charge on any atom is 0.111 e. The Kier molecular flexibility index (Phi) is 5.32. The lowest BCUT2D eigenvalue weighted by molar-refractivity contribution is 0.0436. The summed E-state index contributed by atoms with van der Waals surface area (Å²) in [4.78, 5) is 5.02. The van der Waals surface area contributed by atoms with Crippen LogP contribution in [0, 0.1) is 11.3 Å². The number of hydrogen-bond acceptors (Lipinski definition) is 4. The van der Waals surface area contributed by atoms with Crippen molar-refractivity contribution in [1.29, 1.82) is 5.26 Å². The molecule has 0 bridgehead atoms. The molecule has 23 heavy (non-hydrogen) atoms. The van der Waals surface area contributed by atoms with Crippen LogP contribution in [0.5, 0.6) is 0 Å². The molecule has 0 radical (unpaired) electrons. The largest absolute Gasteiger partial charge is 0.497 e. The predicted molar refractivity (Wildman–Crippen MR) is 90.8 cm³/mol. The minimum Gasteiger partial charge on any atom is -0.497 e. The van der Waals surface area contributed by atoms with Gasteiger partial charge in [0.25, 0.3) is 0 Å². The van der Waals surface area contributed by atoms with E-state index in [-0.39, 0.29) is 0 Å². The molecule has 2 aliphatic rings. The van der Waals surface area contributed by atoms with Gasteiger partial charge in [0.05, 0.1) is 17.9 Å². The Morgan fingerprint density at radius 3 is 2.83 bits per heavy atom. The summed E-state index contributed by atoms with van der Waals surface area (Å²) in [6.07, 6.45) is 6.58. The van der Waals surface area contributed by atoms with E-state index in [0.29, 0.717) is 12.1 Å². The van der Waals surface area contributed by atoms with Crippen LogP contribution >= 0.6 is 0 Å². The zero-order chi connectivity index (χ0) is 16.1. The van der Waals surface area contributed by atoms with E-state index in [1.165, 1.54) is 5.56 Å². The van der Waals surface area contributed by atoms with Gasteiger partial charge in [-0.1, -0.05) is 12.1 Å². The molecule has 1 aromatic carbocycles. The van der Waals surface area contributed by atoms with Crippen LogP contribution in [0.15, 0.2) is 36.6 Å². The zero-order valence-corrected chi connectivity index (χ0v) is 13.8. The first-order chi connectivity index (χ1) is 11.3. The molecule has 3 rings (SSSR count). The molecule has 0 aliphatic carbocycles. The van der Waals surface area contributed by atoms with E-state index in [4.69, 9.17) is 10.00 Å². The van der Waals surface area contributed by atoms with E-state index in [9.17, 15) is 0 Å². The first kappa shape index (κ1) is 16.0. The fraction of sp³-hybridized carbons (Fsp3) is 0.526. The van der Waals surface area contributed by atoms with Crippen LogP contribution in [-0.2, 0) is 4.74 Å². The Morgan fingerprint density at radius 2 is 2.13 bits per heavy atom. The minimum absolute atomic E-state index is 0.358. The van der Waals surface area contributed by atoms with Crippen molar-refractivity contribution >= 4 is 0 Å². The maximum absolute atomic E-state index is 9.06. The van der Waals surface area contributed by atoms with E-state index in [1.54, 1.807) is 0 Å². The summed E-state index contributed by atoms with van der Waals surface area (Å²) in [5, 5.41) is 9.06. The summed E-state index contributed by atoms with van der Waals surface area (Å²) in [5.41, 5.74) is 1.98. The minimum atomic E-state index is 0.358. The standard InChI is InChI=1S/C19H25N3O/c1-16(18-6-4-5-17(13-18)14-20)22-10-8-21(9-11-22)15-19-7-2-3-12-23-19/h3-6,12-13,16,19H,2,7-11,15H2,1H3/t16-,19+/m1/s1. The highest BCUT2D eigenvalue weighted by Gasteiger charge is 2.24. The van der Waals surface area contributed by atoms with Crippen LogP contribution in [0.25, 0.3) is 0 Å². The van der Waals surface area contributed by atoms with Crippen LogP contribution in [0.1, 0.15) is 36.9 Å². The fourth-order valence-electron chi connectivity index (χ4n) is 3.42. The molecule has 4 heteroatoms. The van der Waals surface area contributed by atoms with Crippen molar-refractivity contribution in [2.45, 2.75) is 31.9 Å². The molecule has 0 saturated carbocycles. The summed E-state index contributed by atoms with van der Waals surface area (Å²) in [6, 6.07) is 10.6. The van der Waals surface area contributed by atoms with Crippen LogP contribution in [0.2, 0.25) is 0 Å². The second-order valence-electron chi connectivity index (χ2n) is 6.46. The summed E-state index contributed by atoms with van der Waals surface area (Å²) >= 11 is 0.